The molecule has 2 fully saturated rings. The standard InChI is InChI=1S/C12H20INO2/c1-12(2,3)16-11(15)14-9-4-5-10(14)8(6-9)7-13/h8-10H,4-7H2,1-3H3. The van der Waals surface area contributed by atoms with E-state index in [2.05, 4.69) is 22.6 Å². The fraction of sp³-hybridized carbons (Fsp3) is 0.917. The average molecular weight is 337 g/mol. The van der Waals surface area contributed by atoms with E-state index in [0.717, 1.165) is 17.3 Å². The Labute approximate surface area is 111 Å². The summed E-state index contributed by atoms with van der Waals surface area (Å²) >= 11 is 2.43. The van der Waals surface area contributed by atoms with Crippen LogP contribution in [0.15, 0.2) is 0 Å². The number of alkyl halides is 1. The second kappa shape index (κ2) is 4.35. The lowest BCUT2D eigenvalue weighted by Crippen LogP contribution is -2.40. The first-order chi connectivity index (χ1) is 7.42. The highest BCUT2D eigenvalue weighted by Crippen LogP contribution is 2.43. The molecule has 92 valence electrons. The summed E-state index contributed by atoms with van der Waals surface area (Å²) in [6.07, 6.45) is 3.40. The third-order valence-corrected chi connectivity index (χ3v) is 4.60. The van der Waals surface area contributed by atoms with Crippen LogP contribution >= 0.6 is 22.6 Å². The van der Waals surface area contributed by atoms with Crippen molar-refractivity contribution in [3.05, 3.63) is 0 Å². The number of carbonyl (C=O) groups excluding carboxylic acids is 1. The van der Waals surface area contributed by atoms with Crippen LogP contribution in [-0.4, -0.2) is 33.1 Å². The van der Waals surface area contributed by atoms with Crippen LogP contribution in [0.3, 0.4) is 0 Å². The fourth-order valence-corrected chi connectivity index (χ4v) is 3.82. The van der Waals surface area contributed by atoms with Gasteiger partial charge in [-0.1, -0.05) is 22.6 Å². The van der Waals surface area contributed by atoms with E-state index in [-0.39, 0.29) is 11.7 Å². The number of amides is 1. The predicted octanol–water partition coefficient (Wildman–Crippen LogP) is 3.21. The summed E-state index contributed by atoms with van der Waals surface area (Å²) < 4.78 is 6.63. The van der Waals surface area contributed by atoms with Crippen LogP contribution in [0, 0.1) is 5.92 Å². The van der Waals surface area contributed by atoms with Gasteiger partial charge in [-0.05, 0) is 46.0 Å². The van der Waals surface area contributed by atoms with E-state index in [1.807, 2.05) is 25.7 Å². The van der Waals surface area contributed by atoms with Crippen molar-refractivity contribution >= 4 is 28.7 Å². The molecule has 16 heavy (non-hydrogen) atoms. The van der Waals surface area contributed by atoms with Crippen LogP contribution in [-0.2, 0) is 4.74 Å². The summed E-state index contributed by atoms with van der Waals surface area (Å²) in [5, 5.41) is 0. The zero-order chi connectivity index (χ0) is 11.9. The van der Waals surface area contributed by atoms with E-state index < -0.39 is 0 Å². The van der Waals surface area contributed by atoms with Gasteiger partial charge in [0.1, 0.15) is 5.60 Å². The lowest BCUT2D eigenvalue weighted by molar-refractivity contribution is 0.0208. The van der Waals surface area contributed by atoms with Crippen molar-refractivity contribution in [2.24, 2.45) is 5.92 Å². The normalized spacial score (nSPS) is 33.2. The molecule has 2 rings (SSSR count). The Morgan fingerprint density at radius 2 is 2.12 bits per heavy atom. The van der Waals surface area contributed by atoms with Gasteiger partial charge in [0.15, 0.2) is 0 Å². The summed E-state index contributed by atoms with van der Waals surface area (Å²) in [4.78, 5) is 14.1. The van der Waals surface area contributed by atoms with Crippen molar-refractivity contribution in [3.63, 3.8) is 0 Å². The van der Waals surface area contributed by atoms with Crippen molar-refractivity contribution < 1.29 is 9.53 Å². The highest BCUT2D eigenvalue weighted by molar-refractivity contribution is 14.1. The summed E-state index contributed by atoms with van der Waals surface area (Å²) in [6.45, 7) is 5.79. The van der Waals surface area contributed by atoms with E-state index >= 15 is 0 Å². The molecule has 0 spiro atoms. The van der Waals surface area contributed by atoms with Crippen LogP contribution in [0.4, 0.5) is 4.79 Å². The van der Waals surface area contributed by atoms with Crippen LogP contribution in [0.25, 0.3) is 0 Å². The Morgan fingerprint density at radius 1 is 1.44 bits per heavy atom. The molecule has 3 unspecified atom stereocenters. The maximum absolute atomic E-state index is 12.1. The summed E-state index contributed by atoms with van der Waals surface area (Å²) in [5.74, 6) is 0.687. The Bertz CT molecular complexity index is 287. The quantitative estimate of drug-likeness (QED) is 0.543. The van der Waals surface area contributed by atoms with Gasteiger partial charge in [-0.3, -0.25) is 0 Å². The number of ether oxygens (including phenoxy) is 1. The molecule has 0 aliphatic carbocycles. The van der Waals surface area contributed by atoms with Gasteiger partial charge < -0.3 is 9.64 Å². The maximum Gasteiger partial charge on any atom is 0.410 e. The number of carbonyl (C=O) groups is 1. The molecule has 4 heteroatoms. The number of halogens is 1. The molecule has 2 bridgehead atoms. The van der Waals surface area contributed by atoms with Crippen LogP contribution < -0.4 is 0 Å². The van der Waals surface area contributed by atoms with Crippen LogP contribution in [0.1, 0.15) is 40.0 Å². The van der Waals surface area contributed by atoms with Crippen LogP contribution in [0.2, 0.25) is 0 Å². The third kappa shape index (κ3) is 2.31. The third-order valence-electron chi connectivity index (χ3n) is 3.47. The summed E-state index contributed by atoms with van der Waals surface area (Å²) in [6, 6.07) is 0.886. The largest absolute Gasteiger partial charge is 0.444 e. The second-order valence-corrected chi connectivity index (χ2v) is 6.72. The molecular formula is C12H20INO2. The van der Waals surface area contributed by atoms with Gasteiger partial charge in [-0.2, -0.15) is 0 Å². The van der Waals surface area contributed by atoms with Gasteiger partial charge in [-0.15, -0.1) is 0 Å². The van der Waals surface area contributed by atoms with Crippen molar-refractivity contribution in [1.82, 2.24) is 4.90 Å². The molecular weight excluding hydrogens is 317 g/mol. The summed E-state index contributed by atoms with van der Waals surface area (Å²) in [5.41, 5.74) is -0.376. The zero-order valence-corrected chi connectivity index (χ0v) is 12.4. The van der Waals surface area contributed by atoms with E-state index in [9.17, 15) is 4.79 Å². The van der Waals surface area contributed by atoms with Crippen LogP contribution in [0.5, 0.6) is 0 Å². The number of nitrogens with zero attached hydrogens (tertiary/aromatic N) is 1. The SMILES string of the molecule is CC(C)(C)OC(=O)N1C2CCC1C(CI)C2. The minimum Gasteiger partial charge on any atom is -0.444 e. The topological polar surface area (TPSA) is 29.5 Å². The zero-order valence-electron chi connectivity index (χ0n) is 10.2. The molecule has 2 saturated heterocycles. The first kappa shape index (κ1) is 12.5. The average Bonchev–Trinajstić information content (AvgIpc) is 2.70. The number of hydrogen-bond acceptors (Lipinski definition) is 2. The van der Waals surface area contributed by atoms with Gasteiger partial charge in [0.05, 0.1) is 0 Å². The molecule has 0 N–H and O–H groups in total. The van der Waals surface area contributed by atoms with E-state index in [1.54, 1.807) is 0 Å². The molecule has 2 aliphatic rings. The van der Waals surface area contributed by atoms with Crippen molar-refractivity contribution in [1.29, 1.82) is 0 Å². The Balaban J connectivity index is 2.03. The number of fused-ring (bicyclic) bond motifs is 2. The Kier molecular flexibility index (Phi) is 3.39. The van der Waals surface area contributed by atoms with E-state index in [4.69, 9.17) is 4.74 Å². The van der Waals surface area contributed by atoms with Gasteiger partial charge in [0.2, 0.25) is 0 Å². The molecule has 0 radical (unpaired) electrons. The van der Waals surface area contributed by atoms with E-state index in [1.165, 1.54) is 6.42 Å². The monoisotopic (exact) mass is 337 g/mol. The molecule has 3 nitrogen and oxygen atoms in total. The molecule has 0 aromatic rings. The smallest absolute Gasteiger partial charge is 0.410 e. The highest BCUT2D eigenvalue weighted by Gasteiger charge is 2.49. The number of hydrogen-bond donors (Lipinski definition) is 0. The lowest BCUT2D eigenvalue weighted by atomic mass is 9.91. The van der Waals surface area contributed by atoms with Gasteiger partial charge in [-0.25, -0.2) is 4.79 Å². The van der Waals surface area contributed by atoms with Gasteiger partial charge in [0, 0.05) is 16.5 Å². The summed E-state index contributed by atoms with van der Waals surface area (Å²) in [7, 11) is 0. The van der Waals surface area contributed by atoms with E-state index in [0.29, 0.717) is 18.0 Å². The van der Waals surface area contributed by atoms with Crippen molar-refractivity contribution in [2.75, 3.05) is 4.43 Å². The molecule has 3 atom stereocenters. The minimum atomic E-state index is -0.376. The lowest BCUT2D eigenvalue weighted by Gasteiger charge is -2.28. The molecule has 2 aliphatic heterocycles. The molecule has 1 amide bonds. The Morgan fingerprint density at radius 3 is 2.62 bits per heavy atom. The first-order valence-electron chi connectivity index (χ1n) is 5.99. The van der Waals surface area contributed by atoms with Gasteiger partial charge in [0.25, 0.3) is 0 Å². The molecule has 0 aromatic carbocycles. The Hall–Kier alpha value is 0. The molecule has 0 saturated carbocycles. The second-order valence-electron chi connectivity index (χ2n) is 5.84. The molecule has 0 aromatic heterocycles. The maximum atomic E-state index is 12.1. The van der Waals surface area contributed by atoms with Crippen molar-refractivity contribution in [3.8, 4) is 0 Å². The minimum absolute atomic E-state index is 0.104. The highest BCUT2D eigenvalue weighted by atomic mass is 127. The van der Waals surface area contributed by atoms with Gasteiger partial charge >= 0.3 is 6.09 Å². The van der Waals surface area contributed by atoms with Crippen molar-refractivity contribution in [2.45, 2.75) is 57.7 Å². The predicted molar refractivity (Wildman–Crippen MR) is 71.9 cm³/mol. The first-order valence-corrected chi connectivity index (χ1v) is 7.52. The number of rotatable bonds is 1. The fourth-order valence-electron chi connectivity index (χ4n) is 2.88. The molecule has 2 heterocycles.